The minimum Gasteiger partial charge on any atom is -0.311 e. The van der Waals surface area contributed by atoms with Crippen molar-refractivity contribution in [2.24, 2.45) is 5.92 Å². The second kappa shape index (κ2) is 6.91. The lowest BCUT2D eigenvalue weighted by Gasteiger charge is -2.15. The predicted molar refractivity (Wildman–Crippen MR) is 77.4 cm³/mol. The van der Waals surface area contributed by atoms with Crippen LogP contribution in [0.4, 0.5) is 4.39 Å². The van der Waals surface area contributed by atoms with Crippen LogP contribution in [0.1, 0.15) is 33.3 Å². The molecule has 0 aliphatic heterocycles. The molecule has 0 unspecified atom stereocenters. The zero-order chi connectivity index (χ0) is 13.7. The summed E-state index contributed by atoms with van der Waals surface area (Å²) in [4.78, 5) is 0. The van der Waals surface area contributed by atoms with E-state index in [2.05, 4.69) is 33.0 Å². The predicted octanol–water partition coefficient (Wildman–Crippen LogP) is 4.52. The van der Waals surface area contributed by atoms with E-state index in [9.17, 15) is 4.39 Å². The number of rotatable bonds is 5. The van der Waals surface area contributed by atoms with E-state index in [1.807, 2.05) is 6.08 Å². The summed E-state index contributed by atoms with van der Waals surface area (Å²) >= 11 is 5.75. The molecule has 1 N–H and O–H groups in total. The van der Waals surface area contributed by atoms with Gasteiger partial charge in [0.15, 0.2) is 0 Å². The molecule has 1 aromatic carbocycles. The van der Waals surface area contributed by atoms with Crippen molar-refractivity contribution in [1.29, 1.82) is 0 Å². The fourth-order valence-corrected chi connectivity index (χ4v) is 1.72. The Hall–Kier alpha value is -0.860. The topological polar surface area (TPSA) is 12.0 Å². The molecular weight excluding hydrogens is 249 g/mol. The molecule has 0 bridgehead atoms. The maximum Gasteiger partial charge on any atom is 0.131 e. The summed E-state index contributed by atoms with van der Waals surface area (Å²) in [6.07, 6.45) is 1.91. The van der Waals surface area contributed by atoms with Crippen molar-refractivity contribution in [2.45, 2.75) is 33.7 Å². The standard InChI is InChI=1S/C15H21ClFN/c1-10(2)13(9-18-11(3)4)7-12-5-6-14(16)8-15(12)17/h5-8,10-11,18H,9H2,1-4H3/b13-7-. The van der Waals surface area contributed by atoms with Crippen LogP contribution in [0.15, 0.2) is 23.8 Å². The molecule has 0 saturated heterocycles. The molecule has 0 radical (unpaired) electrons. The van der Waals surface area contributed by atoms with E-state index in [-0.39, 0.29) is 5.82 Å². The van der Waals surface area contributed by atoms with Gasteiger partial charge < -0.3 is 5.32 Å². The Kier molecular flexibility index (Phi) is 5.83. The number of hydrogen-bond acceptors (Lipinski definition) is 1. The molecule has 100 valence electrons. The molecule has 18 heavy (non-hydrogen) atoms. The second-order valence-corrected chi connectivity index (χ2v) is 5.51. The maximum absolute atomic E-state index is 13.7. The zero-order valence-corrected chi connectivity index (χ0v) is 12.2. The molecule has 1 nitrogen and oxygen atoms in total. The highest BCUT2D eigenvalue weighted by Crippen LogP contribution is 2.19. The van der Waals surface area contributed by atoms with Crippen LogP contribution in [0.5, 0.6) is 0 Å². The van der Waals surface area contributed by atoms with Crippen molar-refractivity contribution in [3.63, 3.8) is 0 Å². The maximum atomic E-state index is 13.7. The summed E-state index contributed by atoms with van der Waals surface area (Å²) in [6.45, 7) is 9.20. The van der Waals surface area contributed by atoms with Crippen LogP contribution in [-0.4, -0.2) is 12.6 Å². The highest BCUT2D eigenvalue weighted by molar-refractivity contribution is 6.30. The van der Waals surface area contributed by atoms with E-state index in [1.165, 1.54) is 11.6 Å². The molecule has 0 spiro atoms. The first kappa shape index (κ1) is 15.2. The van der Waals surface area contributed by atoms with E-state index in [0.29, 0.717) is 22.5 Å². The van der Waals surface area contributed by atoms with E-state index in [4.69, 9.17) is 11.6 Å². The summed E-state index contributed by atoms with van der Waals surface area (Å²) < 4.78 is 13.7. The summed E-state index contributed by atoms with van der Waals surface area (Å²) in [7, 11) is 0. The Morgan fingerprint density at radius 3 is 2.50 bits per heavy atom. The van der Waals surface area contributed by atoms with Crippen LogP contribution in [0.25, 0.3) is 6.08 Å². The van der Waals surface area contributed by atoms with E-state index in [0.717, 1.165) is 6.54 Å². The largest absolute Gasteiger partial charge is 0.311 e. The van der Waals surface area contributed by atoms with Gasteiger partial charge in [-0.3, -0.25) is 0 Å². The average molecular weight is 270 g/mol. The molecule has 0 atom stereocenters. The Bertz CT molecular complexity index is 425. The van der Waals surface area contributed by atoms with Gasteiger partial charge in [0.1, 0.15) is 5.82 Å². The third-order valence-electron chi connectivity index (χ3n) is 2.76. The van der Waals surface area contributed by atoms with Crippen LogP contribution in [0.2, 0.25) is 5.02 Å². The van der Waals surface area contributed by atoms with Gasteiger partial charge in [-0.05, 0) is 18.1 Å². The third-order valence-corrected chi connectivity index (χ3v) is 2.99. The van der Waals surface area contributed by atoms with Crippen molar-refractivity contribution in [3.05, 3.63) is 40.2 Å². The first-order chi connectivity index (χ1) is 8.40. The molecule has 0 amide bonds. The van der Waals surface area contributed by atoms with Gasteiger partial charge >= 0.3 is 0 Å². The van der Waals surface area contributed by atoms with E-state index in [1.54, 1.807) is 12.1 Å². The van der Waals surface area contributed by atoms with Crippen molar-refractivity contribution in [2.75, 3.05) is 6.54 Å². The number of nitrogens with one attached hydrogen (secondary N) is 1. The molecule has 0 heterocycles. The quantitative estimate of drug-likeness (QED) is 0.829. The van der Waals surface area contributed by atoms with Gasteiger partial charge in [0.05, 0.1) is 0 Å². The molecule has 0 aliphatic rings. The normalized spacial score (nSPS) is 12.6. The number of hydrogen-bond donors (Lipinski definition) is 1. The summed E-state index contributed by atoms with van der Waals surface area (Å²) in [5.41, 5.74) is 1.78. The van der Waals surface area contributed by atoms with Gasteiger partial charge in [0.25, 0.3) is 0 Å². The number of halogens is 2. The smallest absolute Gasteiger partial charge is 0.131 e. The first-order valence-corrected chi connectivity index (χ1v) is 6.67. The Labute approximate surface area is 114 Å². The lowest BCUT2D eigenvalue weighted by atomic mass is 10.00. The van der Waals surface area contributed by atoms with Gasteiger partial charge in [-0.2, -0.15) is 0 Å². The summed E-state index contributed by atoms with van der Waals surface area (Å²) in [5.74, 6) is 0.108. The van der Waals surface area contributed by atoms with Gasteiger partial charge in [-0.15, -0.1) is 0 Å². The molecule has 0 fully saturated rings. The fraction of sp³-hybridized carbons (Fsp3) is 0.467. The van der Waals surface area contributed by atoms with Crippen molar-refractivity contribution in [1.82, 2.24) is 5.32 Å². The second-order valence-electron chi connectivity index (χ2n) is 5.08. The zero-order valence-electron chi connectivity index (χ0n) is 11.4. The number of benzene rings is 1. The lowest BCUT2D eigenvalue weighted by molar-refractivity contribution is 0.592. The van der Waals surface area contributed by atoms with Gasteiger partial charge in [-0.1, -0.05) is 57.0 Å². The van der Waals surface area contributed by atoms with Crippen molar-refractivity contribution in [3.8, 4) is 0 Å². The van der Waals surface area contributed by atoms with E-state index >= 15 is 0 Å². The molecule has 0 aliphatic carbocycles. The molecule has 3 heteroatoms. The van der Waals surface area contributed by atoms with Crippen LogP contribution in [-0.2, 0) is 0 Å². The van der Waals surface area contributed by atoms with Crippen LogP contribution >= 0.6 is 11.6 Å². The minimum atomic E-state index is -0.273. The summed E-state index contributed by atoms with van der Waals surface area (Å²) in [5, 5.41) is 3.79. The van der Waals surface area contributed by atoms with Gasteiger partial charge in [0, 0.05) is 23.2 Å². The van der Waals surface area contributed by atoms with Crippen LogP contribution < -0.4 is 5.32 Å². The fourth-order valence-electron chi connectivity index (χ4n) is 1.56. The van der Waals surface area contributed by atoms with Gasteiger partial charge in [0.2, 0.25) is 0 Å². The molecule has 0 aromatic heterocycles. The minimum absolute atomic E-state index is 0.273. The van der Waals surface area contributed by atoms with Crippen LogP contribution in [0.3, 0.4) is 0 Å². The third kappa shape index (κ3) is 4.79. The van der Waals surface area contributed by atoms with Gasteiger partial charge in [-0.25, -0.2) is 4.39 Å². The Balaban J connectivity index is 2.93. The average Bonchev–Trinajstić information content (AvgIpc) is 2.26. The summed E-state index contributed by atoms with van der Waals surface area (Å²) in [6, 6.07) is 5.20. The van der Waals surface area contributed by atoms with Crippen molar-refractivity contribution < 1.29 is 4.39 Å². The molecule has 0 saturated carbocycles. The van der Waals surface area contributed by atoms with Crippen LogP contribution in [0, 0.1) is 11.7 Å². The molecular formula is C15H21ClFN. The Morgan fingerprint density at radius 1 is 1.33 bits per heavy atom. The molecule has 1 rings (SSSR count). The SMILES string of the molecule is CC(C)NC/C(=C/c1ccc(Cl)cc1F)C(C)C. The lowest BCUT2D eigenvalue weighted by Crippen LogP contribution is -2.26. The Morgan fingerprint density at radius 2 is 2.00 bits per heavy atom. The highest BCUT2D eigenvalue weighted by atomic mass is 35.5. The monoisotopic (exact) mass is 269 g/mol. The van der Waals surface area contributed by atoms with Crippen molar-refractivity contribution >= 4 is 17.7 Å². The van der Waals surface area contributed by atoms with E-state index < -0.39 is 0 Å². The molecule has 1 aromatic rings. The first-order valence-electron chi connectivity index (χ1n) is 6.29. The highest BCUT2D eigenvalue weighted by Gasteiger charge is 2.07.